The van der Waals surface area contributed by atoms with Crippen LogP contribution in [0.2, 0.25) is 0 Å². The van der Waals surface area contributed by atoms with E-state index < -0.39 is 5.97 Å². The third kappa shape index (κ3) is 6.81. The van der Waals surface area contributed by atoms with E-state index in [1.54, 1.807) is 12.1 Å². The van der Waals surface area contributed by atoms with Crippen molar-refractivity contribution in [2.75, 3.05) is 13.1 Å². The number of carbonyl (C=O) groups excluding carboxylic acids is 1. The Morgan fingerprint density at radius 1 is 1.03 bits per heavy atom. The first-order valence-corrected chi connectivity index (χ1v) is 12.0. The molecule has 2 N–H and O–H groups in total. The molecule has 0 bridgehead atoms. The number of rotatable bonds is 8. The van der Waals surface area contributed by atoms with Crippen LogP contribution in [-0.4, -0.2) is 50.8 Å². The maximum atomic E-state index is 13.5. The highest BCUT2D eigenvalue weighted by Gasteiger charge is 2.28. The SMILES string of the molecule is Cl.O=C(O)c1ccc(CN(C(=O)c2ccn(CCC3CCNCC3)n2)C2CCCCC2)cc1. The lowest BCUT2D eigenvalue weighted by molar-refractivity contribution is 0.0605. The second-order valence-corrected chi connectivity index (χ2v) is 9.17. The number of aromatic carboxylic acids is 1. The highest BCUT2D eigenvalue weighted by molar-refractivity contribution is 5.92. The highest BCUT2D eigenvalue weighted by Crippen LogP contribution is 2.26. The van der Waals surface area contributed by atoms with Crippen molar-refractivity contribution in [1.29, 1.82) is 0 Å². The van der Waals surface area contributed by atoms with Gasteiger partial charge in [0, 0.05) is 25.3 Å². The minimum atomic E-state index is -0.938. The van der Waals surface area contributed by atoms with Crippen LogP contribution in [0.1, 0.15) is 77.8 Å². The van der Waals surface area contributed by atoms with Gasteiger partial charge in [-0.15, -0.1) is 12.4 Å². The van der Waals surface area contributed by atoms with Gasteiger partial charge in [-0.1, -0.05) is 31.4 Å². The Morgan fingerprint density at radius 3 is 2.39 bits per heavy atom. The number of carboxylic acid groups (broad SMARTS) is 1. The molecule has 33 heavy (non-hydrogen) atoms. The van der Waals surface area contributed by atoms with E-state index in [0.29, 0.717) is 12.2 Å². The van der Waals surface area contributed by atoms with Gasteiger partial charge in [0.15, 0.2) is 0 Å². The Kier molecular flexibility index (Phi) is 9.32. The van der Waals surface area contributed by atoms with Gasteiger partial charge in [0.2, 0.25) is 0 Å². The molecule has 1 saturated carbocycles. The van der Waals surface area contributed by atoms with Crippen LogP contribution in [0, 0.1) is 5.92 Å². The Bertz CT molecular complexity index is 903. The van der Waals surface area contributed by atoms with Crippen molar-refractivity contribution in [3.63, 3.8) is 0 Å². The smallest absolute Gasteiger partial charge is 0.335 e. The summed E-state index contributed by atoms with van der Waals surface area (Å²) in [4.78, 5) is 26.6. The molecule has 2 fully saturated rings. The summed E-state index contributed by atoms with van der Waals surface area (Å²) in [6.45, 7) is 3.51. The maximum absolute atomic E-state index is 13.5. The van der Waals surface area contributed by atoms with E-state index in [1.165, 1.54) is 19.3 Å². The van der Waals surface area contributed by atoms with E-state index in [9.17, 15) is 9.59 Å². The molecule has 2 heterocycles. The van der Waals surface area contributed by atoms with Gasteiger partial charge in [0.1, 0.15) is 5.69 Å². The Morgan fingerprint density at radius 2 is 1.73 bits per heavy atom. The van der Waals surface area contributed by atoms with E-state index in [2.05, 4.69) is 10.4 Å². The molecule has 1 aromatic heterocycles. The number of hydrogen-bond donors (Lipinski definition) is 2. The van der Waals surface area contributed by atoms with Crippen molar-refractivity contribution in [3.05, 3.63) is 53.3 Å². The van der Waals surface area contributed by atoms with Crippen LogP contribution in [0.3, 0.4) is 0 Å². The Balaban J connectivity index is 0.00000306. The van der Waals surface area contributed by atoms with Crippen LogP contribution in [0.15, 0.2) is 36.5 Å². The van der Waals surface area contributed by atoms with Crippen molar-refractivity contribution < 1.29 is 14.7 Å². The van der Waals surface area contributed by atoms with E-state index in [1.807, 2.05) is 34.0 Å². The molecule has 1 saturated heterocycles. The molecular formula is C25H35ClN4O3. The molecule has 7 nitrogen and oxygen atoms in total. The Hall–Kier alpha value is -2.38. The average Bonchev–Trinajstić information content (AvgIpc) is 3.31. The zero-order valence-corrected chi connectivity index (χ0v) is 19.9. The first-order valence-electron chi connectivity index (χ1n) is 12.0. The highest BCUT2D eigenvalue weighted by atomic mass is 35.5. The lowest BCUT2D eigenvalue weighted by Crippen LogP contribution is -2.41. The van der Waals surface area contributed by atoms with Crippen molar-refractivity contribution >= 4 is 24.3 Å². The molecule has 2 aromatic rings. The predicted octanol–water partition coefficient (Wildman–Crippen LogP) is 4.37. The van der Waals surface area contributed by atoms with Gasteiger partial charge in [-0.2, -0.15) is 5.10 Å². The number of nitrogens with one attached hydrogen (secondary N) is 1. The van der Waals surface area contributed by atoms with Crippen LogP contribution in [-0.2, 0) is 13.1 Å². The number of amides is 1. The first-order chi connectivity index (χ1) is 15.6. The molecule has 1 amide bonds. The molecule has 0 spiro atoms. The van der Waals surface area contributed by atoms with Crippen molar-refractivity contribution in [2.45, 2.75) is 70.5 Å². The third-order valence-corrected chi connectivity index (χ3v) is 6.92. The molecule has 8 heteroatoms. The number of benzene rings is 1. The monoisotopic (exact) mass is 474 g/mol. The molecule has 1 aromatic carbocycles. The average molecular weight is 475 g/mol. The normalized spacial score (nSPS) is 17.3. The van der Waals surface area contributed by atoms with Crippen molar-refractivity contribution in [1.82, 2.24) is 20.0 Å². The lowest BCUT2D eigenvalue weighted by Gasteiger charge is -2.34. The molecule has 180 valence electrons. The maximum Gasteiger partial charge on any atom is 0.335 e. The van der Waals surface area contributed by atoms with Crippen LogP contribution in [0.25, 0.3) is 0 Å². The van der Waals surface area contributed by atoms with Gasteiger partial charge < -0.3 is 15.3 Å². The second kappa shape index (κ2) is 12.2. The zero-order valence-electron chi connectivity index (χ0n) is 19.1. The summed E-state index contributed by atoms with van der Waals surface area (Å²) in [7, 11) is 0. The molecule has 1 aliphatic heterocycles. The summed E-state index contributed by atoms with van der Waals surface area (Å²) < 4.78 is 1.91. The Labute approximate surface area is 202 Å². The van der Waals surface area contributed by atoms with Crippen LogP contribution in [0.5, 0.6) is 0 Å². The second-order valence-electron chi connectivity index (χ2n) is 9.17. The number of halogens is 1. The number of nitrogens with zero attached hydrogens (tertiary/aromatic N) is 3. The summed E-state index contributed by atoms with van der Waals surface area (Å²) in [5, 5.41) is 17.2. The number of carboxylic acids is 1. The van der Waals surface area contributed by atoms with Crippen LogP contribution in [0.4, 0.5) is 0 Å². The van der Waals surface area contributed by atoms with Gasteiger partial charge in [-0.3, -0.25) is 9.48 Å². The van der Waals surface area contributed by atoms with Crippen LogP contribution < -0.4 is 5.32 Å². The molecule has 0 unspecified atom stereocenters. The summed E-state index contributed by atoms with van der Waals surface area (Å²) in [5.41, 5.74) is 1.71. The van der Waals surface area contributed by atoms with Gasteiger partial charge in [0.05, 0.1) is 5.56 Å². The number of hydrogen-bond acceptors (Lipinski definition) is 4. The van der Waals surface area contributed by atoms with Gasteiger partial charge in [0.25, 0.3) is 5.91 Å². The van der Waals surface area contributed by atoms with E-state index >= 15 is 0 Å². The summed E-state index contributed by atoms with van der Waals surface area (Å²) in [5.74, 6) is -0.237. The van der Waals surface area contributed by atoms with Gasteiger partial charge in [-0.05, 0) is 74.9 Å². The van der Waals surface area contributed by atoms with Crippen molar-refractivity contribution in [2.24, 2.45) is 5.92 Å². The summed E-state index contributed by atoms with van der Waals surface area (Å²) in [6.07, 6.45) is 11.0. The molecular weight excluding hydrogens is 440 g/mol. The van der Waals surface area contributed by atoms with E-state index in [-0.39, 0.29) is 29.9 Å². The number of carbonyl (C=O) groups is 2. The summed E-state index contributed by atoms with van der Waals surface area (Å²) in [6, 6.07) is 8.88. The number of aryl methyl sites for hydroxylation is 1. The van der Waals surface area contributed by atoms with E-state index in [0.717, 1.165) is 63.2 Å². The third-order valence-electron chi connectivity index (χ3n) is 6.92. The standard InChI is InChI=1S/C25H34N4O3.ClH/c30-24(23-13-17-28(27-23)16-12-19-10-14-26-15-11-19)29(22-4-2-1-3-5-22)18-20-6-8-21(9-7-20)25(31)32;/h6-9,13,17,19,22,26H,1-5,10-12,14-16,18H2,(H,31,32);1H. The minimum Gasteiger partial charge on any atom is -0.478 e. The molecule has 2 aliphatic rings. The topological polar surface area (TPSA) is 87.5 Å². The predicted molar refractivity (Wildman–Crippen MR) is 130 cm³/mol. The van der Waals surface area contributed by atoms with Crippen LogP contribution >= 0.6 is 12.4 Å². The number of piperidine rings is 1. The van der Waals surface area contributed by atoms with Gasteiger partial charge >= 0.3 is 5.97 Å². The fourth-order valence-corrected chi connectivity index (χ4v) is 4.94. The van der Waals surface area contributed by atoms with Gasteiger partial charge in [-0.25, -0.2) is 4.79 Å². The summed E-state index contributed by atoms with van der Waals surface area (Å²) >= 11 is 0. The van der Waals surface area contributed by atoms with E-state index in [4.69, 9.17) is 5.11 Å². The molecule has 1 aliphatic carbocycles. The number of aromatic nitrogens is 2. The molecule has 4 rings (SSSR count). The molecule has 0 radical (unpaired) electrons. The first kappa shape index (κ1) is 25.2. The zero-order chi connectivity index (χ0) is 22.3. The largest absolute Gasteiger partial charge is 0.478 e. The fourth-order valence-electron chi connectivity index (χ4n) is 4.94. The molecule has 0 atom stereocenters. The lowest BCUT2D eigenvalue weighted by atomic mass is 9.93. The van der Waals surface area contributed by atoms with Crippen molar-refractivity contribution in [3.8, 4) is 0 Å². The minimum absolute atomic E-state index is 0. The fraction of sp³-hybridized carbons (Fsp3) is 0.560. The quantitative estimate of drug-likeness (QED) is 0.593.